The average molecular weight is 292 g/mol. The molecule has 3 aliphatic carbocycles. The summed E-state index contributed by atoms with van der Waals surface area (Å²) < 4.78 is 2.43. The normalized spacial score (nSPS) is 25.2. The topological polar surface area (TPSA) is 56.7 Å². The summed E-state index contributed by atoms with van der Waals surface area (Å²) in [4.78, 5) is 0. The molecule has 4 nitrogen and oxygen atoms in total. The molecule has 3 saturated carbocycles. The molecule has 0 spiro atoms. The zero-order valence-corrected chi connectivity index (χ0v) is 12.8. The molecule has 2 N–H and O–H groups in total. The third kappa shape index (κ3) is 2.62. The van der Waals surface area contributed by atoms with Gasteiger partial charge in [-0.05, 0) is 44.4 Å². The molecular formula is C15H24N4S. The van der Waals surface area contributed by atoms with Crippen LogP contribution < -0.4 is 5.73 Å². The minimum atomic E-state index is 0.330. The zero-order chi connectivity index (χ0) is 13.5. The van der Waals surface area contributed by atoms with E-state index >= 15 is 0 Å². The average Bonchev–Trinajstić information content (AvgIpc) is 3.39. The lowest BCUT2D eigenvalue weighted by Gasteiger charge is -2.18. The molecule has 110 valence electrons. The molecule has 0 radical (unpaired) electrons. The molecule has 3 aliphatic rings. The molecule has 1 aromatic heterocycles. The van der Waals surface area contributed by atoms with Gasteiger partial charge in [-0.25, -0.2) is 0 Å². The van der Waals surface area contributed by atoms with Crippen LogP contribution in [0.25, 0.3) is 0 Å². The van der Waals surface area contributed by atoms with Crippen LogP contribution >= 0.6 is 11.8 Å². The predicted octanol–water partition coefficient (Wildman–Crippen LogP) is 3.10. The molecule has 1 unspecified atom stereocenters. The summed E-state index contributed by atoms with van der Waals surface area (Å²) >= 11 is 1.84. The van der Waals surface area contributed by atoms with Gasteiger partial charge in [0.2, 0.25) is 0 Å². The van der Waals surface area contributed by atoms with Crippen LogP contribution in [0.4, 0.5) is 0 Å². The van der Waals surface area contributed by atoms with Gasteiger partial charge in [0.25, 0.3) is 0 Å². The summed E-state index contributed by atoms with van der Waals surface area (Å²) in [5.41, 5.74) is 6.37. The highest BCUT2D eigenvalue weighted by atomic mass is 32.2. The first kappa shape index (κ1) is 13.1. The lowest BCUT2D eigenvalue weighted by molar-refractivity contribution is 0.463. The van der Waals surface area contributed by atoms with E-state index in [1.165, 1.54) is 57.2 Å². The summed E-state index contributed by atoms with van der Waals surface area (Å²) in [5.74, 6) is 3.69. The van der Waals surface area contributed by atoms with Crippen molar-refractivity contribution >= 4 is 11.8 Å². The summed E-state index contributed by atoms with van der Waals surface area (Å²) in [6.45, 7) is 0. The second-order valence-electron chi connectivity index (χ2n) is 6.74. The number of nitrogens with zero attached hydrogens (tertiary/aromatic N) is 3. The summed E-state index contributed by atoms with van der Waals surface area (Å²) in [6, 6.07) is 1.02. The Labute approximate surface area is 124 Å². The molecule has 0 amide bonds. The van der Waals surface area contributed by atoms with Crippen LogP contribution in [0.3, 0.4) is 0 Å². The maximum atomic E-state index is 6.37. The van der Waals surface area contributed by atoms with Crippen molar-refractivity contribution in [1.82, 2.24) is 14.8 Å². The van der Waals surface area contributed by atoms with Crippen molar-refractivity contribution in [1.29, 1.82) is 0 Å². The summed E-state index contributed by atoms with van der Waals surface area (Å²) in [5, 5.41) is 10.1. The van der Waals surface area contributed by atoms with Gasteiger partial charge in [0.1, 0.15) is 5.82 Å². The predicted molar refractivity (Wildman–Crippen MR) is 80.9 cm³/mol. The second-order valence-corrected chi connectivity index (χ2v) is 7.72. The molecule has 4 rings (SSSR count). The number of hydrogen-bond donors (Lipinski definition) is 1. The molecule has 1 heterocycles. The van der Waals surface area contributed by atoms with Gasteiger partial charge in [-0.3, -0.25) is 0 Å². The van der Waals surface area contributed by atoms with Crippen molar-refractivity contribution in [3.8, 4) is 0 Å². The van der Waals surface area contributed by atoms with Gasteiger partial charge in [-0.15, -0.1) is 10.2 Å². The Morgan fingerprint density at radius 1 is 1.10 bits per heavy atom. The first-order chi connectivity index (χ1) is 9.83. The number of rotatable bonds is 6. The molecule has 0 bridgehead atoms. The zero-order valence-electron chi connectivity index (χ0n) is 12.0. The maximum Gasteiger partial charge on any atom is 0.191 e. The van der Waals surface area contributed by atoms with E-state index in [1.54, 1.807) is 0 Å². The van der Waals surface area contributed by atoms with Crippen LogP contribution in [0.2, 0.25) is 0 Å². The van der Waals surface area contributed by atoms with Gasteiger partial charge in [-0.2, -0.15) is 0 Å². The van der Waals surface area contributed by atoms with Crippen molar-refractivity contribution < 1.29 is 0 Å². The van der Waals surface area contributed by atoms with Gasteiger partial charge in [0.15, 0.2) is 5.16 Å². The number of hydrogen-bond acceptors (Lipinski definition) is 4. The highest BCUT2D eigenvalue weighted by Gasteiger charge is 2.36. The third-order valence-electron chi connectivity index (χ3n) is 4.96. The van der Waals surface area contributed by atoms with Crippen LogP contribution in [0.1, 0.15) is 69.2 Å². The highest BCUT2D eigenvalue weighted by molar-refractivity contribution is 7.99. The Kier molecular flexibility index (Phi) is 3.50. The lowest BCUT2D eigenvalue weighted by atomic mass is 10.0. The first-order valence-corrected chi connectivity index (χ1v) is 9.14. The number of aromatic nitrogens is 3. The van der Waals surface area contributed by atoms with Gasteiger partial charge < -0.3 is 10.3 Å². The Morgan fingerprint density at radius 3 is 2.50 bits per heavy atom. The Hall–Kier alpha value is -0.550. The number of thioether (sulfide) groups is 1. The molecule has 0 aromatic carbocycles. The van der Waals surface area contributed by atoms with E-state index in [4.69, 9.17) is 5.73 Å². The van der Waals surface area contributed by atoms with E-state index in [-0.39, 0.29) is 0 Å². The lowest BCUT2D eigenvalue weighted by Crippen LogP contribution is -2.30. The van der Waals surface area contributed by atoms with Crippen LogP contribution in [-0.4, -0.2) is 26.6 Å². The molecule has 0 aliphatic heterocycles. The Morgan fingerprint density at radius 2 is 1.85 bits per heavy atom. The molecule has 20 heavy (non-hydrogen) atoms. The second kappa shape index (κ2) is 5.34. The summed E-state index contributed by atoms with van der Waals surface area (Å²) in [7, 11) is 0. The van der Waals surface area contributed by atoms with Gasteiger partial charge in [0, 0.05) is 23.8 Å². The first-order valence-electron chi connectivity index (χ1n) is 8.16. The van der Waals surface area contributed by atoms with E-state index in [1.807, 2.05) is 11.8 Å². The van der Waals surface area contributed by atoms with Crippen molar-refractivity contribution in [2.24, 2.45) is 11.7 Å². The Balaban J connectivity index is 1.42. The van der Waals surface area contributed by atoms with Crippen LogP contribution in [0.15, 0.2) is 5.16 Å². The standard InChI is InChI=1S/C15H24N4S/c16-13(10-3-1-2-4-10)9-20-15-18-17-14(11-5-6-11)19(15)12-7-8-12/h10-13H,1-9,16H2. The maximum absolute atomic E-state index is 6.37. The molecule has 3 fully saturated rings. The van der Waals surface area contributed by atoms with E-state index in [2.05, 4.69) is 14.8 Å². The van der Waals surface area contributed by atoms with Crippen molar-refractivity contribution in [3.05, 3.63) is 5.82 Å². The molecular weight excluding hydrogens is 268 g/mol. The molecule has 1 atom stereocenters. The minimum absolute atomic E-state index is 0.330. The fourth-order valence-electron chi connectivity index (χ4n) is 3.38. The SMILES string of the molecule is NC(CSc1nnc(C2CC2)n1C1CC1)C1CCCC1. The molecule has 5 heteroatoms. The van der Waals surface area contributed by atoms with E-state index in [9.17, 15) is 0 Å². The van der Waals surface area contributed by atoms with Gasteiger partial charge in [0.05, 0.1) is 0 Å². The van der Waals surface area contributed by atoms with E-state index in [0.717, 1.165) is 16.8 Å². The van der Waals surface area contributed by atoms with Crippen molar-refractivity contribution in [2.75, 3.05) is 5.75 Å². The van der Waals surface area contributed by atoms with Crippen LogP contribution in [0, 0.1) is 5.92 Å². The van der Waals surface area contributed by atoms with Gasteiger partial charge >= 0.3 is 0 Å². The largest absolute Gasteiger partial charge is 0.327 e. The third-order valence-corrected chi connectivity index (χ3v) is 6.04. The Bertz CT molecular complexity index is 472. The molecule has 0 saturated heterocycles. The van der Waals surface area contributed by atoms with Crippen molar-refractivity contribution in [2.45, 2.75) is 74.5 Å². The fourth-order valence-corrected chi connectivity index (χ4v) is 4.47. The quantitative estimate of drug-likeness (QED) is 0.819. The smallest absolute Gasteiger partial charge is 0.191 e. The van der Waals surface area contributed by atoms with E-state index in [0.29, 0.717) is 18.0 Å². The fraction of sp³-hybridized carbons (Fsp3) is 0.867. The van der Waals surface area contributed by atoms with Gasteiger partial charge in [-0.1, -0.05) is 24.6 Å². The minimum Gasteiger partial charge on any atom is -0.327 e. The summed E-state index contributed by atoms with van der Waals surface area (Å²) in [6.07, 6.45) is 10.6. The number of nitrogens with two attached hydrogens (primary N) is 1. The van der Waals surface area contributed by atoms with Crippen LogP contribution in [0.5, 0.6) is 0 Å². The van der Waals surface area contributed by atoms with E-state index < -0.39 is 0 Å². The van der Waals surface area contributed by atoms with Crippen LogP contribution in [-0.2, 0) is 0 Å². The highest BCUT2D eigenvalue weighted by Crippen LogP contribution is 2.46. The monoisotopic (exact) mass is 292 g/mol. The molecule has 1 aromatic rings. The van der Waals surface area contributed by atoms with Crippen molar-refractivity contribution in [3.63, 3.8) is 0 Å².